The Morgan fingerprint density at radius 1 is 1.30 bits per heavy atom. The highest BCUT2D eigenvalue weighted by Crippen LogP contribution is 2.23. The van der Waals surface area contributed by atoms with Crippen molar-refractivity contribution in [3.05, 3.63) is 58.9 Å². The van der Waals surface area contributed by atoms with Gasteiger partial charge in [0.25, 0.3) is 5.91 Å². The SMILES string of the molecule is COCC(C)n1c(C)cc(/C=C(\C#N)C(=O)NCC(C)N(C)c2ccccc2)c1C. The number of anilines is 1. The van der Waals surface area contributed by atoms with Crippen LogP contribution in [0.4, 0.5) is 5.69 Å². The number of likely N-dealkylation sites (N-methyl/N-ethyl adjacent to an activating group) is 1. The monoisotopic (exact) mass is 408 g/mol. The second kappa shape index (κ2) is 10.7. The van der Waals surface area contributed by atoms with E-state index in [2.05, 4.69) is 21.7 Å². The maximum absolute atomic E-state index is 12.6. The van der Waals surface area contributed by atoms with Crippen molar-refractivity contribution in [2.24, 2.45) is 0 Å². The molecular formula is C24H32N4O2. The third kappa shape index (κ3) is 5.52. The number of hydrogen-bond donors (Lipinski definition) is 1. The molecule has 0 saturated carbocycles. The van der Waals surface area contributed by atoms with Gasteiger partial charge in [0.15, 0.2) is 0 Å². The molecule has 0 aliphatic heterocycles. The summed E-state index contributed by atoms with van der Waals surface area (Å²) in [5.41, 5.74) is 4.13. The van der Waals surface area contributed by atoms with Crippen LogP contribution in [0.2, 0.25) is 0 Å². The number of nitrogens with one attached hydrogen (secondary N) is 1. The summed E-state index contributed by atoms with van der Waals surface area (Å²) in [6.07, 6.45) is 1.67. The first-order chi connectivity index (χ1) is 14.3. The Hall–Kier alpha value is -3.04. The lowest BCUT2D eigenvalue weighted by atomic mass is 10.1. The Balaban J connectivity index is 2.10. The largest absolute Gasteiger partial charge is 0.383 e. The maximum Gasteiger partial charge on any atom is 0.262 e. The first-order valence-electron chi connectivity index (χ1n) is 10.1. The molecule has 1 N–H and O–H groups in total. The molecule has 2 atom stereocenters. The number of carbonyl (C=O) groups excluding carboxylic acids is 1. The first-order valence-corrected chi connectivity index (χ1v) is 10.1. The van der Waals surface area contributed by atoms with E-state index in [0.717, 1.165) is 22.6 Å². The quantitative estimate of drug-likeness (QED) is 0.505. The molecule has 6 nitrogen and oxygen atoms in total. The van der Waals surface area contributed by atoms with E-state index in [0.29, 0.717) is 13.2 Å². The molecule has 0 spiro atoms. The summed E-state index contributed by atoms with van der Waals surface area (Å²) in [5, 5.41) is 12.4. The van der Waals surface area contributed by atoms with Gasteiger partial charge in [-0.2, -0.15) is 5.26 Å². The van der Waals surface area contributed by atoms with E-state index in [9.17, 15) is 10.1 Å². The molecule has 6 heteroatoms. The molecule has 2 rings (SSSR count). The number of para-hydroxylation sites is 1. The van der Waals surface area contributed by atoms with E-state index < -0.39 is 0 Å². The van der Waals surface area contributed by atoms with Gasteiger partial charge in [0, 0.05) is 43.8 Å². The van der Waals surface area contributed by atoms with E-state index in [1.165, 1.54) is 0 Å². The fourth-order valence-corrected chi connectivity index (χ4v) is 3.64. The minimum atomic E-state index is -0.361. The van der Waals surface area contributed by atoms with E-state index in [-0.39, 0.29) is 23.6 Å². The average molecular weight is 409 g/mol. The fraction of sp³-hybridized carbons (Fsp3) is 0.417. The predicted molar refractivity (Wildman–Crippen MR) is 121 cm³/mol. The number of benzene rings is 1. The van der Waals surface area contributed by atoms with Crippen LogP contribution in [0.15, 0.2) is 42.0 Å². The third-order valence-electron chi connectivity index (χ3n) is 5.42. The van der Waals surface area contributed by atoms with Crippen LogP contribution in [0.1, 0.15) is 36.8 Å². The highest BCUT2D eigenvalue weighted by atomic mass is 16.5. The molecule has 0 radical (unpaired) electrons. The molecular weight excluding hydrogens is 376 g/mol. The Kier molecular flexibility index (Phi) is 8.25. The van der Waals surface area contributed by atoms with Crippen LogP contribution in [0.3, 0.4) is 0 Å². The summed E-state index contributed by atoms with van der Waals surface area (Å²) in [6.45, 7) is 9.16. The van der Waals surface area contributed by atoms with Gasteiger partial charge < -0.3 is 19.5 Å². The van der Waals surface area contributed by atoms with Gasteiger partial charge in [-0.15, -0.1) is 0 Å². The summed E-state index contributed by atoms with van der Waals surface area (Å²) < 4.78 is 7.43. The van der Waals surface area contributed by atoms with Gasteiger partial charge in [0.2, 0.25) is 0 Å². The molecule has 2 aromatic rings. The topological polar surface area (TPSA) is 70.3 Å². The number of amides is 1. The highest BCUT2D eigenvalue weighted by molar-refractivity contribution is 6.01. The van der Waals surface area contributed by atoms with Crippen LogP contribution in [0.5, 0.6) is 0 Å². The number of carbonyl (C=O) groups is 1. The number of aryl methyl sites for hydroxylation is 1. The number of nitriles is 1. The zero-order valence-corrected chi connectivity index (χ0v) is 18.8. The summed E-state index contributed by atoms with van der Waals surface area (Å²) in [4.78, 5) is 14.7. The summed E-state index contributed by atoms with van der Waals surface area (Å²) in [7, 11) is 3.67. The molecule has 0 aliphatic carbocycles. The molecule has 1 heterocycles. The smallest absolute Gasteiger partial charge is 0.262 e. The zero-order chi connectivity index (χ0) is 22.3. The van der Waals surface area contributed by atoms with Crippen LogP contribution >= 0.6 is 0 Å². The van der Waals surface area contributed by atoms with Crippen molar-refractivity contribution >= 4 is 17.7 Å². The molecule has 0 aliphatic rings. The van der Waals surface area contributed by atoms with Gasteiger partial charge in [0.05, 0.1) is 12.6 Å². The van der Waals surface area contributed by atoms with Gasteiger partial charge in [-0.1, -0.05) is 18.2 Å². The second-order valence-corrected chi connectivity index (χ2v) is 7.68. The van der Waals surface area contributed by atoms with Crippen LogP contribution < -0.4 is 10.2 Å². The molecule has 1 aromatic heterocycles. The standard InChI is InChI=1S/C24H32N4O2/c1-17-12-21(20(4)28(17)19(3)16-30-6)13-22(14-25)24(29)26-15-18(2)27(5)23-10-8-7-9-11-23/h7-13,18-19H,15-16H2,1-6H3,(H,26,29)/b22-13+. The lowest BCUT2D eigenvalue weighted by molar-refractivity contribution is -0.117. The van der Waals surface area contributed by atoms with Crippen LogP contribution in [-0.4, -0.2) is 43.8 Å². The van der Waals surface area contributed by atoms with Crippen molar-refractivity contribution in [3.63, 3.8) is 0 Å². The van der Waals surface area contributed by atoms with Crippen LogP contribution in [0.25, 0.3) is 6.08 Å². The summed E-state index contributed by atoms with van der Waals surface area (Å²) in [5.74, 6) is -0.361. The fourth-order valence-electron chi connectivity index (χ4n) is 3.64. The minimum absolute atomic E-state index is 0.0799. The van der Waals surface area contributed by atoms with Crippen molar-refractivity contribution in [2.45, 2.75) is 39.8 Å². The van der Waals surface area contributed by atoms with Gasteiger partial charge in [-0.05, 0) is 57.5 Å². The Morgan fingerprint density at radius 2 is 1.97 bits per heavy atom. The molecule has 0 bridgehead atoms. The van der Waals surface area contributed by atoms with E-state index in [1.54, 1.807) is 13.2 Å². The molecule has 160 valence electrons. The lowest BCUT2D eigenvalue weighted by Gasteiger charge is -2.27. The first kappa shape index (κ1) is 23.2. The summed E-state index contributed by atoms with van der Waals surface area (Å²) in [6, 6.07) is 14.3. The Labute approximate surface area is 179 Å². The van der Waals surface area contributed by atoms with Crippen LogP contribution in [-0.2, 0) is 9.53 Å². The van der Waals surface area contributed by atoms with Crippen molar-refractivity contribution in [3.8, 4) is 6.07 Å². The number of rotatable bonds is 9. The molecule has 1 amide bonds. The van der Waals surface area contributed by atoms with Crippen molar-refractivity contribution in [1.29, 1.82) is 5.26 Å². The van der Waals surface area contributed by atoms with Crippen LogP contribution in [0, 0.1) is 25.2 Å². The normalized spacial score (nSPS) is 13.4. The van der Waals surface area contributed by atoms with Gasteiger partial charge >= 0.3 is 0 Å². The molecule has 0 fully saturated rings. The number of ether oxygens (including phenoxy) is 1. The number of nitrogens with zero attached hydrogens (tertiary/aromatic N) is 3. The predicted octanol–water partition coefficient (Wildman–Crippen LogP) is 3.86. The number of methoxy groups -OCH3 is 1. The number of aromatic nitrogens is 1. The highest BCUT2D eigenvalue weighted by Gasteiger charge is 2.17. The average Bonchev–Trinajstić information content (AvgIpc) is 3.03. The second-order valence-electron chi connectivity index (χ2n) is 7.68. The van der Waals surface area contributed by atoms with Crippen molar-refractivity contribution in [1.82, 2.24) is 9.88 Å². The maximum atomic E-state index is 12.6. The van der Waals surface area contributed by atoms with Gasteiger partial charge in [0.1, 0.15) is 11.6 Å². The van der Waals surface area contributed by atoms with E-state index in [1.807, 2.05) is 70.3 Å². The lowest BCUT2D eigenvalue weighted by Crippen LogP contribution is -2.40. The van der Waals surface area contributed by atoms with Gasteiger partial charge in [-0.25, -0.2) is 0 Å². The van der Waals surface area contributed by atoms with E-state index in [4.69, 9.17) is 4.74 Å². The molecule has 2 unspecified atom stereocenters. The summed E-state index contributed by atoms with van der Waals surface area (Å²) >= 11 is 0. The van der Waals surface area contributed by atoms with E-state index >= 15 is 0 Å². The minimum Gasteiger partial charge on any atom is -0.383 e. The Morgan fingerprint density at radius 3 is 2.57 bits per heavy atom. The van der Waals surface area contributed by atoms with Gasteiger partial charge in [-0.3, -0.25) is 4.79 Å². The van der Waals surface area contributed by atoms with Crippen molar-refractivity contribution in [2.75, 3.05) is 32.2 Å². The third-order valence-corrected chi connectivity index (χ3v) is 5.42. The zero-order valence-electron chi connectivity index (χ0n) is 18.8. The molecule has 0 saturated heterocycles. The number of hydrogen-bond acceptors (Lipinski definition) is 4. The molecule has 30 heavy (non-hydrogen) atoms. The molecule has 1 aromatic carbocycles. The van der Waals surface area contributed by atoms with Crippen molar-refractivity contribution < 1.29 is 9.53 Å². The Bertz CT molecular complexity index is 925.